The van der Waals surface area contributed by atoms with Gasteiger partial charge in [-0.05, 0) is 66.3 Å². The molecule has 0 fully saturated rings. The third-order valence-electron chi connectivity index (χ3n) is 7.13. The third kappa shape index (κ3) is 3.86. The van der Waals surface area contributed by atoms with Crippen LogP contribution in [-0.2, 0) is 5.41 Å². The van der Waals surface area contributed by atoms with Crippen LogP contribution in [-0.4, -0.2) is 9.97 Å². The molecular weight excluding hydrogens is 472 g/mol. The van der Waals surface area contributed by atoms with Gasteiger partial charge in [-0.3, -0.25) is 4.98 Å². The van der Waals surface area contributed by atoms with E-state index in [9.17, 15) is 0 Å². The van der Waals surface area contributed by atoms with Crippen LogP contribution in [0, 0.1) is 13.8 Å². The lowest BCUT2D eigenvalue weighted by atomic mass is 9.88. The van der Waals surface area contributed by atoms with Crippen LogP contribution in [0.5, 0.6) is 0 Å². The molecule has 0 saturated heterocycles. The van der Waals surface area contributed by atoms with Gasteiger partial charge in [0, 0.05) is 34.9 Å². The lowest BCUT2D eigenvalue weighted by Gasteiger charge is -2.18. The van der Waals surface area contributed by atoms with Crippen LogP contribution in [0.3, 0.4) is 0 Å². The number of hydrogen-bond donors (Lipinski definition) is 0. The molecular formula is C33H32N2OS. The maximum atomic E-state index is 9.00. The number of hydrogen-bond acceptors (Lipinski definition) is 4. The maximum Gasteiger partial charge on any atom is 0.162 e. The fourth-order valence-corrected chi connectivity index (χ4v) is 6.25. The molecule has 0 N–H and O–H groups in total. The molecule has 0 atom stereocenters. The summed E-state index contributed by atoms with van der Waals surface area (Å²) >= 11 is 1.73. The molecule has 3 heterocycles. The number of aryl methyl sites for hydroxylation is 2. The van der Waals surface area contributed by atoms with Gasteiger partial charge < -0.3 is 4.42 Å². The van der Waals surface area contributed by atoms with Crippen LogP contribution in [0.2, 0.25) is 0 Å². The molecule has 3 aromatic carbocycles. The molecule has 4 heteroatoms. The molecule has 0 radical (unpaired) electrons. The molecule has 0 saturated carbocycles. The van der Waals surface area contributed by atoms with Gasteiger partial charge in [0.25, 0.3) is 0 Å². The molecule has 0 bridgehead atoms. The zero-order chi connectivity index (χ0) is 27.0. The molecule has 3 nitrogen and oxygen atoms in total. The maximum absolute atomic E-state index is 9.00. The van der Waals surface area contributed by atoms with E-state index in [4.69, 9.17) is 15.8 Å². The van der Waals surface area contributed by atoms with Crippen LogP contribution in [0.1, 0.15) is 63.6 Å². The summed E-state index contributed by atoms with van der Waals surface area (Å²) < 4.78 is 16.7. The Balaban J connectivity index is 1.59. The van der Waals surface area contributed by atoms with Crippen molar-refractivity contribution in [2.24, 2.45) is 0 Å². The van der Waals surface area contributed by atoms with Crippen LogP contribution >= 0.6 is 11.3 Å². The molecule has 37 heavy (non-hydrogen) atoms. The number of benzene rings is 3. The lowest BCUT2D eigenvalue weighted by molar-refractivity contribution is 0.586. The minimum atomic E-state index is -0.806. The summed E-state index contributed by atoms with van der Waals surface area (Å²) in [7, 11) is 0. The Bertz CT molecular complexity index is 1840. The second kappa shape index (κ2) is 8.53. The molecule has 0 aliphatic carbocycles. The molecule has 186 valence electrons. The summed E-state index contributed by atoms with van der Waals surface area (Å²) in [5.74, 6) is -0.806. The van der Waals surface area contributed by atoms with E-state index in [2.05, 4.69) is 89.2 Å². The molecule has 0 aliphatic heterocycles. The Morgan fingerprint density at radius 3 is 2.30 bits per heavy atom. The highest BCUT2D eigenvalue weighted by Gasteiger charge is 2.23. The van der Waals surface area contributed by atoms with Crippen molar-refractivity contribution in [1.82, 2.24) is 9.97 Å². The topological polar surface area (TPSA) is 38.9 Å². The summed E-state index contributed by atoms with van der Waals surface area (Å²) in [5.41, 5.74) is 9.76. The van der Waals surface area contributed by atoms with Gasteiger partial charge >= 0.3 is 0 Å². The SMILES string of the molecule is [2H]C(C)(C)c1cc(-c2cccc3c2oc2c3ccc3sc(C(C)(C)C)nc32)ncc1-c1c(C)cccc1C. The van der Waals surface area contributed by atoms with Gasteiger partial charge in [0.2, 0.25) is 0 Å². The number of fused-ring (bicyclic) bond motifs is 5. The van der Waals surface area contributed by atoms with Gasteiger partial charge in [-0.15, -0.1) is 11.3 Å². The van der Waals surface area contributed by atoms with E-state index in [1.807, 2.05) is 20.0 Å². The van der Waals surface area contributed by atoms with Gasteiger partial charge in [-0.1, -0.05) is 65.0 Å². The minimum absolute atomic E-state index is 0.0201. The zero-order valence-electron chi connectivity index (χ0n) is 23.5. The minimum Gasteiger partial charge on any atom is -0.453 e. The molecule has 0 aliphatic rings. The van der Waals surface area contributed by atoms with Crippen molar-refractivity contribution in [2.45, 2.75) is 59.8 Å². The Morgan fingerprint density at radius 2 is 1.59 bits per heavy atom. The highest BCUT2D eigenvalue weighted by Crippen LogP contribution is 2.42. The smallest absolute Gasteiger partial charge is 0.162 e. The first-order chi connectivity index (χ1) is 17.9. The fourth-order valence-electron chi connectivity index (χ4n) is 5.22. The number of aromatic nitrogens is 2. The van der Waals surface area contributed by atoms with E-state index in [1.54, 1.807) is 11.3 Å². The summed E-state index contributed by atoms with van der Waals surface area (Å²) in [6.07, 6.45) is 1.94. The number of nitrogens with zero attached hydrogens (tertiary/aromatic N) is 2. The molecule has 0 amide bonds. The van der Waals surface area contributed by atoms with Crippen molar-refractivity contribution in [3.8, 4) is 22.4 Å². The van der Waals surface area contributed by atoms with Gasteiger partial charge in [0.05, 0.1) is 15.4 Å². The van der Waals surface area contributed by atoms with Gasteiger partial charge in [-0.25, -0.2) is 4.98 Å². The van der Waals surface area contributed by atoms with E-state index >= 15 is 0 Å². The van der Waals surface area contributed by atoms with Gasteiger partial charge in [-0.2, -0.15) is 0 Å². The third-order valence-corrected chi connectivity index (χ3v) is 8.58. The van der Waals surface area contributed by atoms with E-state index in [-0.39, 0.29) is 5.41 Å². The van der Waals surface area contributed by atoms with Crippen molar-refractivity contribution >= 4 is 43.5 Å². The van der Waals surface area contributed by atoms with Crippen LogP contribution in [0.4, 0.5) is 0 Å². The summed E-state index contributed by atoms with van der Waals surface area (Å²) in [5, 5.41) is 3.22. The number of para-hydroxylation sites is 1. The Labute approximate surface area is 223 Å². The molecule has 3 aromatic heterocycles. The molecule has 0 unspecified atom stereocenters. The Hall–Kier alpha value is -3.50. The first-order valence-electron chi connectivity index (χ1n) is 13.3. The van der Waals surface area contributed by atoms with Crippen molar-refractivity contribution in [3.63, 3.8) is 0 Å². The van der Waals surface area contributed by atoms with E-state index in [0.717, 1.165) is 65.1 Å². The fraction of sp³-hybridized carbons (Fsp3) is 0.273. The highest BCUT2D eigenvalue weighted by molar-refractivity contribution is 7.18. The van der Waals surface area contributed by atoms with Crippen LogP contribution in [0.15, 0.2) is 65.2 Å². The Morgan fingerprint density at radius 1 is 0.892 bits per heavy atom. The second-order valence-corrected chi connectivity index (χ2v) is 12.3. The van der Waals surface area contributed by atoms with Crippen molar-refractivity contribution in [2.75, 3.05) is 0 Å². The van der Waals surface area contributed by atoms with Crippen molar-refractivity contribution in [1.29, 1.82) is 0 Å². The molecule has 6 aromatic rings. The Kier molecular flexibility index (Phi) is 5.23. The predicted molar refractivity (Wildman–Crippen MR) is 158 cm³/mol. The highest BCUT2D eigenvalue weighted by atomic mass is 32.1. The normalized spacial score (nSPS) is 13.1. The first kappa shape index (κ1) is 22.7. The van der Waals surface area contributed by atoms with E-state index < -0.39 is 5.89 Å². The summed E-state index contributed by atoms with van der Waals surface area (Å²) in [4.78, 5) is 9.95. The standard InChI is InChI=1S/C33H32N2OS/c1-18(2)24-16-26(34-17-25(24)28-19(3)10-8-11-20(28)4)23-13-9-12-21-22-14-15-27-29(31(22)36-30(21)23)35-32(37-27)33(5,6)7/h8-18H,1-7H3/i18D. The number of pyridine rings is 1. The average Bonchev–Trinajstić information content (AvgIpc) is 3.45. The first-order valence-corrected chi connectivity index (χ1v) is 13.6. The van der Waals surface area contributed by atoms with Crippen LogP contribution < -0.4 is 0 Å². The average molecular weight is 506 g/mol. The molecule has 0 spiro atoms. The number of thiazole rings is 1. The van der Waals surface area contributed by atoms with E-state index in [0.29, 0.717) is 0 Å². The summed E-state index contributed by atoms with van der Waals surface area (Å²) in [6.45, 7) is 14.7. The lowest BCUT2D eigenvalue weighted by Crippen LogP contribution is -2.09. The van der Waals surface area contributed by atoms with E-state index in [1.165, 1.54) is 11.1 Å². The number of furan rings is 1. The zero-order valence-corrected chi connectivity index (χ0v) is 23.3. The quantitative estimate of drug-likeness (QED) is 0.240. The van der Waals surface area contributed by atoms with Crippen molar-refractivity contribution < 1.29 is 5.79 Å². The summed E-state index contributed by atoms with van der Waals surface area (Å²) in [6, 6.07) is 18.9. The van der Waals surface area contributed by atoms with Crippen molar-refractivity contribution in [3.05, 3.63) is 82.5 Å². The van der Waals surface area contributed by atoms with Crippen LogP contribution in [0.25, 0.3) is 54.5 Å². The van der Waals surface area contributed by atoms with Gasteiger partial charge in [0.1, 0.15) is 11.1 Å². The molecule has 6 rings (SSSR count). The largest absolute Gasteiger partial charge is 0.453 e. The monoisotopic (exact) mass is 505 g/mol. The predicted octanol–water partition coefficient (Wildman–Crippen LogP) is 9.96. The number of rotatable bonds is 3. The second-order valence-electron chi connectivity index (χ2n) is 11.2. The van der Waals surface area contributed by atoms with Gasteiger partial charge in [0.15, 0.2) is 5.58 Å².